The van der Waals surface area contributed by atoms with Gasteiger partial charge >= 0.3 is 0 Å². The molecular formula is C17H11N3O3. The van der Waals surface area contributed by atoms with Gasteiger partial charge in [-0.05, 0) is 11.1 Å². The molecule has 6 nitrogen and oxygen atoms in total. The molecule has 0 bridgehead atoms. The maximum atomic E-state index is 10.9. The minimum atomic E-state index is -2.02. The van der Waals surface area contributed by atoms with Crippen molar-refractivity contribution in [3.8, 4) is 0 Å². The van der Waals surface area contributed by atoms with Crippen LogP contribution in [0, 0.1) is 0 Å². The standard InChI is InChI=1S/C17H11N3O3/c21-11-18-17(19-12-22,20-13-23)16(14-7-3-1-4-8-14)15-9-5-2-6-10-15/h1-10,16H. The Morgan fingerprint density at radius 1 is 0.652 bits per heavy atom. The summed E-state index contributed by atoms with van der Waals surface area (Å²) in [4.78, 5) is 43.2. The Morgan fingerprint density at radius 2 is 1.00 bits per heavy atom. The summed E-state index contributed by atoms with van der Waals surface area (Å²) in [6.45, 7) is 0. The van der Waals surface area contributed by atoms with Gasteiger partial charge in [0.1, 0.15) is 0 Å². The molecule has 0 aliphatic heterocycles. The summed E-state index contributed by atoms with van der Waals surface area (Å²) >= 11 is 0. The van der Waals surface area contributed by atoms with Gasteiger partial charge in [0.15, 0.2) is 0 Å². The lowest BCUT2D eigenvalue weighted by atomic mass is 9.85. The number of aliphatic imine (C=N–C) groups is 3. The molecule has 0 radical (unpaired) electrons. The van der Waals surface area contributed by atoms with Crippen LogP contribution in [-0.4, -0.2) is 24.0 Å². The van der Waals surface area contributed by atoms with E-state index in [-0.39, 0.29) is 0 Å². The molecule has 0 amide bonds. The first kappa shape index (κ1) is 16.0. The van der Waals surface area contributed by atoms with Gasteiger partial charge in [-0.2, -0.15) is 0 Å². The van der Waals surface area contributed by atoms with Gasteiger partial charge in [-0.1, -0.05) is 60.7 Å². The van der Waals surface area contributed by atoms with Crippen LogP contribution in [0.2, 0.25) is 0 Å². The van der Waals surface area contributed by atoms with Crippen molar-refractivity contribution < 1.29 is 14.4 Å². The normalized spacial score (nSPS) is 12.2. The first-order valence-corrected chi connectivity index (χ1v) is 6.64. The molecule has 2 aromatic carbocycles. The van der Waals surface area contributed by atoms with Gasteiger partial charge in [0.05, 0.1) is 5.92 Å². The summed E-state index contributed by atoms with van der Waals surface area (Å²) in [5.74, 6) is -2.80. The van der Waals surface area contributed by atoms with E-state index in [1.807, 2.05) is 12.1 Å². The smallest absolute Gasteiger partial charge is 0.211 e. The Morgan fingerprint density at radius 3 is 1.30 bits per heavy atom. The van der Waals surface area contributed by atoms with Crippen molar-refractivity contribution in [2.45, 2.75) is 11.7 Å². The number of carbonyl (C=O) groups excluding carboxylic acids is 3. The Labute approximate surface area is 131 Å². The number of hydrogen-bond donors (Lipinski definition) is 0. The number of nitrogens with zero attached hydrogens (tertiary/aromatic N) is 3. The van der Waals surface area contributed by atoms with Gasteiger partial charge in [-0.3, -0.25) is 0 Å². The van der Waals surface area contributed by atoms with Gasteiger partial charge < -0.3 is 0 Å². The molecule has 0 saturated heterocycles. The summed E-state index contributed by atoms with van der Waals surface area (Å²) in [5, 5.41) is 0. The van der Waals surface area contributed by atoms with E-state index in [0.717, 1.165) is 0 Å². The summed E-state index contributed by atoms with van der Waals surface area (Å²) in [7, 11) is 0. The van der Waals surface area contributed by atoms with E-state index in [1.165, 1.54) is 18.2 Å². The molecular weight excluding hydrogens is 294 g/mol. The summed E-state index contributed by atoms with van der Waals surface area (Å²) in [5.41, 5.74) is 1.33. The van der Waals surface area contributed by atoms with Crippen LogP contribution in [-0.2, 0) is 14.4 Å². The number of hydrogen-bond acceptors (Lipinski definition) is 6. The van der Waals surface area contributed by atoms with Gasteiger partial charge in [0, 0.05) is 0 Å². The predicted octanol–water partition coefficient (Wildman–Crippen LogP) is 2.48. The lowest BCUT2D eigenvalue weighted by Gasteiger charge is -2.27. The molecule has 0 fully saturated rings. The van der Waals surface area contributed by atoms with E-state index in [2.05, 4.69) is 15.0 Å². The average Bonchev–Trinajstić information content (AvgIpc) is 2.58. The van der Waals surface area contributed by atoms with Gasteiger partial charge in [0.25, 0.3) is 5.79 Å². The maximum Gasteiger partial charge on any atom is 0.288 e. The fourth-order valence-electron chi connectivity index (χ4n) is 2.40. The van der Waals surface area contributed by atoms with Gasteiger partial charge in [-0.25, -0.2) is 14.4 Å². The van der Waals surface area contributed by atoms with Crippen molar-refractivity contribution in [3.63, 3.8) is 0 Å². The van der Waals surface area contributed by atoms with Gasteiger partial charge in [0.2, 0.25) is 18.2 Å². The van der Waals surface area contributed by atoms with Crippen LogP contribution in [0.5, 0.6) is 0 Å². The molecule has 23 heavy (non-hydrogen) atoms. The third-order valence-electron chi connectivity index (χ3n) is 3.28. The second kappa shape index (κ2) is 7.55. The van der Waals surface area contributed by atoms with E-state index >= 15 is 0 Å². The van der Waals surface area contributed by atoms with Crippen molar-refractivity contribution in [1.82, 2.24) is 0 Å². The molecule has 0 N–H and O–H groups in total. The highest BCUT2D eigenvalue weighted by Crippen LogP contribution is 2.39. The quantitative estimate of drug-likeness (QED) is 0.606. The van der Waals surface area contributed by atoms with E-state index in [0.29, 0.717) is 11.1 Å². The second-order valence-electron chi connectivity index (χ2n) is 4.55. The molecule has 0 aromatic heterocycles. The van der Waals surface area contributed by atoms with Crippen molar-refractivity contribution in [2.24, 2.45) is 15.0 Å². The van der Waals surface area contributed by atoms with Crippen LogP contribution in [0.25, 0.3) is 0 Å². The predicted molar refractivity (Wildman–Crippen MR) is 81.8 cm³/mol. The molecule has 0 atom stereocenters. The van der Waals surface area contributed by atoms with E-state index in [4.69, 9.17) is 0 Å². The topological polar surface area (TPSA) is 88.3 Å². The van der Waals surface area contributed by atoms with Crippen LogP contribution in [0.1, 0.15) is 17.0 Å². The van der Waals surface area contributed by atoms with Crippen LogP contribution < -0.4 is 0 Å². The van der Waals surface area contributed by atoms with E-state index in [1.54, 1.807) is 48.5 Å². The zero-order valence-electron chi connectivity index (χ0n) is 11.9. The lowest BCUT2D eigenvalue weighted by molar-refractivity contribution is 0.404. The third-order valence-corrected chi connectivity index (χ3v) is 3.28. The van der Waals surface area contributed by atoms with Crippen molar-refractivity contribution >= 4 is 18.2 Å². The Kier molecular flexibility index (Phi) is 5.24. The van der Waals surface area contributed by atoms with Crippen LogP contribution in [0.3, 0.4) is 0 Å². The van der Waals surface area contributed by atoms with Crippen LogP contribution in [0.4, 0.5) is 0 Å². The van der Waals surface area contributed by atoms with Crippen molar-refractivity contribution in [3.05, 3.63) is 71.8 Å². The molecule has 0 saturated carbocycles. The molecule has 2 aromatic rings. The zero-order chi connectivity index (χ0) is 16.5. The molecule has 0 spiro atoms. The Bertz CT molecular complexity index is 716. The van der Waals surface area contributed by atoms with Crippen molar-refractivity contribution in [2.75, 3.05) is 0 Å². The minimum absolute atomic E-state index is 0.663. The highest BCUT2D eigenvalue weighted by atomic mass is 16.1. The highest BCUT2D eigenvalue weighted by molar-refractivity contribution is 5.48. The zero-order valence-corrected chi connectivity index (χ0v) is 11.9. The summed E-state index contributed by atoms with van der Waals surface area (Å²) in [6.07, 6.45) is 3.98. The lowest BCUT2D eigenvalue weighted by Crippen LogP contribution is -2.31. The first-order valence-electron chi connectivity index (χ1n) is 6.64. The van der Waals surface area contributed by atoms with Crippen molar-refractivity contribution in [1.29, 1.82) is 0 Å². The minimum Gasteiger partial charge on any atom is -0.211 e. The summed E-state index contributed by atoms with van der Waals surface area (Å²) in [6, 6.07) is 17.7. The largest absolute Gasteiger partial charge is 0.288 e. The maximum absolute atomic E-state index is 10.9. The fourth-order valence-corrected chi connectivity index (χ4v) is 2.40. The Hall–Kier alpha value is -3.42. The average molecular weight is 305 g/mol. The summed E-state index contributed by atoms with van der Waals surface area (Å²) < 4.78 is 0. The SMILES string of the molecule is O=C=NC(N=C=O)(N=C=O)C(c1ccccc1)c1ccccc1. The molecule has 6 heteroatoms. The van der Waals surface area contributed by atoms with Crippen LogP contribution >= 0.6 is 0 Å². The first-order chi connectivity index (χ1) is 11.3. The second-order valence-corrected chi connectivity index (χ2v) is 4.55. The molecule has 0 unspecified atom stereocenters. The molecule has 0 aliphatic carbocycles. The molecule has 2 rings (SSSR count). The number of isocyanates is 3. The third kappa shape index (κ3) is 3.43. The molecule has 112 valence electrons. The van der Waals surface area contributed by atoms with E-state index in [9.17, 15) is 14.4 Å². The fraction of sp³-hybridized carbons (Fsp3) is 0.118. The molecule has 0 heterocycles. The Balaban J connectivity index is 2.80. The number of rotatable bonds is 6. The van der Waals surface area contributed by atoms with Gasteiger partial charge in [-0.15, -0.1) is 15.0 Å². The monoisotopic (exact) mass is 305 g/mol. The highest BCUT2D eigenvalue weighted by Gasteiger charge is 2.41. The van der Waals surface area contributed by atoms with E-state index < -0.39 is 11.7 Å². The number of benzene rings is 2. The van der Waals surface area contributed by atoms with Crippen LogP contribution in [0.15, 0.2) is 75.6 Å². The molecule has 0 aliphatic rings.